The molecule has 152 valence electrons. The summed E-state index contributed by atoms with van der Waals surface area (Å²) in [7, 11) is 0. The molecular weight excluding hydrogens is 406 g/mol. The third kappa shape index (κ3) is 4.63. The number of nitrogens with zero attached hydrogens (tertiary/aromatic N) is 3. The van der Waals surface area contributed by atoms with Crippen LogP contribution in [0.15, 0.2) is 41.8 Å². The molecule has 3 aromatic rings. The number of carbonyl (C=O) groups excluding carboxylic acids is 2. The highest BCUT2D eigenvalue weighted by molar-refractivity contribution is 7.71. The number of H-pyrrole nitrogens is 1. The smallest absolute Gasteiger partial charge is 0.247 e. The second-order valence-corrected chi connectivity index (χ2v) is 7.89. The number of carbonyl (C=O) groups is 2. The van der Waals surface area contributed by atoms with Crippen LogP contribution in [0.3, 0.4) is 0 Å². The highest BCUT2D eigenvalue weighted by atomic mass is 32.1. The molecule has 0 aliphatic rings. The van der Waals surface area contributed by atoms with Gasteiger partial charge < -0.3 is 10.2 Å². The van der Waals surface area contributed by atoms with Crippen molar-refractivity contribution < 1.29 is 9.59 Å². The minimum atomic E-state index is -0.568. The number of para-hydroxylation sites is 1. The first-order valence-corrected chi connectivity index (χ1v) is 10.6. The first kappa shape index (κ1) is 20.9. The van der Waals surface area contributed by atoms with E-state index in [9.17, 15) is 9.59 Å². The Balaban J connectivity index is 1.84. The van der Waals surface area contributed by atoms with Crippen molar-refractivity contribution in [2.45, 2.75) is 33.4 Å². The summed E-state index contributed by atoms with van der Waals surface area (Å²) in [6, 6.07) is 10.8. The van der Waals surface area contributed by atoms with E-state index in [2.05, 4.69) is 15.5 Å². The summed E-state index contributed by atoms with van der Waals surface area (Å²) >= 11 is 6.89. The van der Waals surface area contributed by atoms with Gasteiger partial charge in [-0.25, -0.2) is 0 Å². The number of hydrogen-bond donors (Lipinski definition) is 2. The van der Waals surface area contributed by atoms with Crippen LogP contribution in [0.1, 0.15) is 32.4 Å². The van der Waals surface area contributed by atoms with Crippen molar-refractivity contribution in [2.24, 2.45) is 0 Å². The molecule has 29 heavy (non-hydrogen) atoms. The van der Waals surface area contributed by atoms with Gasteiger partial charge >= 0.3 is 0 Å². The minimum absolute atomic E-state index is 0.00714. The number of aromatic nitrogens is 3. The summed E-state index contributed by atoms with van der Waals surface area (Å²) in [4.78, 5) is 27.5. The fourth-order valence-electron chi connectivity index (χ4n) is 3.03. The van der Waals surface area contributed by atoms with E-state index >= 15 is 0 Å². The lowest BCUT2D eigenvalue weighted by Crippen LogP contribution is -2.29. The molecule has 0 fully saturated rings. The topological polar surface area (TPSA) is 83.0 Å². The molecule has 1 aromatic carbocycles. The van der Waals surface area contributed by atoms with Gasteiger partial charge in [-0.15, -0.1) is 11.3 Å². The number of thiophene rings is 1. The number of hydrogen-bond acceptors (Lipinski definition) is 5. The molecular formula is C20H23N5O2S2. The summed E-state index contributed by atoms with van der Waals surface area (Å²) in [5.41, 5.74) is 1.55. The minimum Gasteiger partial charge on any atom is -0.339 e. The van der Waals surface area contributed by atoms with Gasteiger partial charge in [-0.2, -0.15) is 5.10 Å². The zero-order valence-corrected chi connectivity index (χ0v) is 18.1. The molecule has 1 unspecified atom stereocenters. The lowest BCUT2D eigenvalue weighted by atomic mass is 10.1. The van der Waals surface area contributed by atoms with E-state index in [1.54, 1.807) is 23.3 Å². The maximum absolute atomic E-state index is 13.0. The summed E-state index contributed by atoms with van der Waals surface area (Å²) in [5, 5.41) is 12.0. The fourth-order valence-corrected chi connectivity index (χ4v) is 4.03. The highest BCUT2D eigenvalue weighted by Crippen LogP contribution is 2.26. The summed E-state index contributed by atoms with van der Waals surface area (Å²) < 4.78 is 2.10. The summed E-state index contributed by atoms with van der Waals surface area (Å²) in [6.07, 6.45) is 0. The number of rotatable bonds is 7. The number of anilines is 1. The molecule has 0 saturated heterocycles. The average molecular weight is 430 g/mol. The van der Waals surface area contributed by atoms with Crippen LogP contribution in [0.2, 0.25) is 0 Å². The molecule has 1 atom stereocenters. The zero-order chi connectivity index (χ0) is 21.0. The van der Waals surface area contributed by atoms with E-state index in [4.69, 9.17) is 12.2 Å². The Hall–Kier alpha value is -2.78. The first-order valence-electron chi connectivity index (χ1n) is 9.27. The van der Waals surface area contributed by atoms with E-state index in [0.717, 1.165) is 10.4 Å². The van der Waals surface area contributed by atoms with Gasteiger partial charge in [0.25, 0.3) is 0 Å². The number of nitrogens with one attached hydrogen (secondary N) is 2. The van der Waals surface area contributed by atoms with Gasteiger partial charge in [0.2, 0.25) is 11.8 Å². The van der Waals surface area contributed by atoms with Crippen molar-refractivity contribution >= 4 is 41.1 Å². The van der Waals surface area contributed by atoms with Crippen molar-refractivity contribution in [3.63, 3.8) is 0 Å². The van der Waals surface area contributed by atoms with Gasteiger partial charge in [-0.1, -0.05) is 24.3 Å². The summed E-state index contributed by atoms with van der Waals surface area (Å²) in [5.74, 6) is 0.417. The first-order chi connectivity index (χ1) is 13.9. The third-order valence-electron chi connectivity index (χ3n) is 4.68. The predicted molar refractivity (Wildman–Crippen MR) is 117 cm³/mol. The van der Waals surface area contributed by atoms with Crippen LogP contribution in [0.4, 0.5) is 5.69 Å². The SMILES string of the molecule is CCN(Cc1ccccc1NC(=O)C(C)n1c(-c2cccs2)n[nH]c1=S)C(C)=O. The van der Waals surface area contributed by atoms with Gasteiger partial charge in [0, 0.05) is 25.7 Å². The highest BCUT2D eigenvalue weighted by Gasteiger charge is 2.22. The second kappa shape index (κ2) is 9.15. The zero-order valence-electron chi connectivity index (χ0n) is 16.5. The van der Waals surface area contributed by atoms with Crippen molar-refractivity contribution in [3.05, 3.63) is 52.1 Å². The fraction of sp³-hybridized carbons (Fsp3) is 0.300. The molecule has 3 rings (SSSR count). The Morgan fingerprint density at radius 1 is 1.31 bits per heavy atom. The molecule has 2 heterocycles. The van der Waals surface area contributed by atoms with E-state index in [1.807, 2.05) is 48.7 Å². The Kier molecular flexibility index (Phi) is 6.60. The largest absolute Gasteiger partial charge is 0.339 e. The number of amides is 2. The van der Waals surface area contributed by atoms with Crippen molar-refractivity contribution in [1.82, 2.24) is 19.7 Å². The van der Waals surface area contributed by atoms with E-state index in [-0.39, 0.29) is 11.8 Å². The molecule has 2 aromatic heterocycles. The maximum Gasteiger partial charge on any atom is 0.247 e. The molecule has 2 N–H and O–H groups in total. The lowest BCUT2D eigenvalue weighted by molar-refractivity contribution is -0.129. The number of aromatic amines is 1. The Morgan fingerprint density at radius 2 is 2.07 bits per heavy atom. The molecule has 0 aliphatic heterocycles. The van der Waals surface area contributed by atoms with Gasteiger partial charge in [0.15, 0.2) is 10.6 Å². The van der Waals surface area contributed by atoms with Crippen molar-refractivity contribution in [1.29, 1.82) is 0 Å². The normalized spacial score (nSPS) is 11.8. The predicted octanol–water partition coefficient (Wildman–Crippen LogP) is 4.24. The van der Waals surface area contributed by atoms with Crippen LogP contribution in [-0.4, -0.2) is 38.0 Å². The van der Waals surface area contributed by atoms with Crippen molar-refractivity contribution in [2.75, 3.05) is 11.9 Å². The second-order valence-electron chi connectivity index (χ2n) is 6.56. The molecule has 0 bridgehead atoms. The Morgan fingerprint density at radius 3 is 2.72 bits per heavy atom. The van der Waals surface area contributed by atoms with Crippen LogP contribution >= 0.6 is 23.6 Å². The molecule has 0 aliphatic carbocycles. The lowest BCUT2D eigenvalue weighted by Gasteiger charge is -2.22. The monoisotopic (exact) mass is 429 g/mol. The van der Waals surface area contributed by atoms with E-state index in [1.165, 1.54) is 11.3 Å². The van der Waals surface area contributed by atoms with Crippen LogP contribution < -0.4 is 5.32 Å². The molecule has 7 nitrogen and oxygen atoms in total. The molecule has 0 radical (unpaired) electrons. The summed E-state index contributed by atoms with van der Waals surface area (Å²) in [6.45, 7) is 6.29. The quantitative estimate of drug-likeness (QED) is 0.551. The Bertz CT molecular complexity index is 1060. The van der Waals surface area contributed by atoms with Gasteiger partial charge in [0.1, 0.15) is 6.04 Å². The van der Waals surface area contributed by atoms with Crippen LogP contribution in [0, 0.1) is 4.77 Å². The van der Waals surface area contributed by atoms with Gasteiger partial charge in [-0.05, 0) is 49.1 Å². The van der Waals surface area contributed by atoms with Gasteiger partial charge in [0.05, 0.1) is 4.88 Å². The molecule has 0 saturated carbocycles. The molecule has 9 heteroatoms. The van der Waals surface area contributed by atoms with Crippen molar-refractivity contribution in [3.8, 4) is 10.7 Å². The van der Waals surface area contributed by atoms with Crippen LogP contribution in [-0.2, 0) is 16.1 Å². The standard InChI is InChI=1S/C20H23N5O2S2/c1-4-24(14(3)26)12-15-8-5-6-9-16(15)21-19(27)13(2)25-18(22-23-20(25)28)17-10-7-11-29-17/h5-11,13H,4,12H2,1-3H3,(H,21,27)(H,23,28). The molecule has 0 spiro atoms. The average Bonchev–Trinajstić information content (AvgIpc) is 3.35. The maximum atomic E-state index is 13.0. The van der Waals surface area contributed by atoms with E-state index in [0.29, 0.717) is 29.4 Å². The van der Waals surface area contributed by atoms with E-state index < -0.39 is 6.04 Å². The van der Waals surface area contributed by atoms with Crippen LogP contribution in [0.25, 0.3) is 10.7 Å². The molecule has 2 amide bonds. The number of benzene rings is 1. The Labute approximate surface area is 178 Å². The third-order valence-corrected chi connectivity index (χ3v) is 5.83. The van der Waals surface area contributed by atoms with Gasteiger partial charge in [-0.3, -0.25) is 19.3 Å². The van der Waals surface area contributed by atoms with Crippen LogP contribution in [0.5, 0.6) is 0 Å².